The first-order valence-corrected chi connectivity index (χ1v) is 13.1. The lowest BCUT2D eigenvalue weighted by Crippen LogP contribution is -2.43. The summed E-state index contributed by atoms with van der Waals surface area (Å²) < 4.78 is 56.3. The van der Waals surface area contributed by atoms with Crippen LogP contribution in [0.25, 0.3) is 0 Å². The summed E-state index contributed by atoms with van der Waals surface area (Å²) in [6.45, 7) is 7.67. The maximum Gasteiger partial charge on any atom is 0.240 e. The third-order valence-electron chi connectivity index (χ3n) is 5.95. The fourth-order valence-electron chi connectivity index (χ4n) is 3.67. The summed E-state index contributed by atoms with van der Waals surface area (Å²) in [6.07, 6.45) is 2.35. The molecule has 3 rings (SSSR count). The summed E-state index contributed by atoms with van der Waals surface area (Å²) in [6, 6.07) is 9.83. The van der Waals surface area contributed by atoms with Gasteiger partial charge in [-0.3, -0.25) is 0 Å². The predicted octanol–water partition coefficient (Wildman–Crippen LogP) is 3.49. The molecule has 0 bridgehead atoms. The molecule has 2 aromatic rings. The lowest BCUT2D eigenvalue weighted by molar-refractivity contribution is 0.356. The van der Waals surface area contributed by atoms with E-state index in [2.05, 4.69) is 9.44 Å². The van der Waals surface area contributed by atoms with E-state index in [0.717, 1.165) is 22.3 Å². The van der Waals surface area contributed by atoms with Crippen LogP contribution in [0.2, 0.25) is 0 Å². The van der Waals surface area contributed by atoms with Gasteiger partial charge >= 0.3 is 0 Å². The fraction of sp³-hybridized carbons (Fsp3) is 0.455. The minimum absolute atomic E-state index is 0.195. The van der Waals surface area contributed by atoms with Crippen molar-refractivity contribution in [3.63, 3.8) is 0 Å². The molecule has 8 heteroatoms. The van der Waals surface area contributed by atoms with Gasteiger partial charge in [0.05, 0.1) is 9.79 Å². The van der Waals surface area contributed by atoms with Crippen LogP contribution in [0.3, 0.4) is 0 Å². The van der Waals surface area contributed by atoms with Crippen molar-refractivity contribution in [1.82, 2.24) is 9.44 Å². The molecule has 6 nitrogen and oxygen atoms in total. The summed E-state index contributed by atoms with van der Waals surface area (Å²) in [5, 5.41) is 0. The summed E-state index contributed by atoms with van der Waals surface area (Å²) >= 11 is 0. The van der Waals surface area contributed by atoms with E-state index in [1.165, 1.54) is 0 Å². The van der Waals surface area contributed by atoms with Crippen molar-refractivity contribution in [3.8, 4) is 0 Å². The number of hydrogen-bond donors (Lipinski definition) is 2. The van der Waals surface area contributed by atoms with Gasteiger partial charge in [0.25, 0.3) is 0 Å². The molecular weight excluding hydrogens is 420 g/mol. The summed E-state index contributed by atoms with van der Waals surface area (Å²) in [7, 11) is -7.18. The fourth-order valence-corrected chi connectivity index (χ4v) is 6.45. The molecule has 1 aliphatic rings. The second kappa shape index (κ2) is 8.78. The van der Waals surface area contributed by atoms with Crippen molar-refractivity contribution in [2.24, 2.45) is 0 Å². The third kappa shape index (κ3) is 5.29. The first-order valence-electron chi connectivity index (χ1n) is 10.2. The van der Waals surface area contributed by atoms with Gasteiger partial charge in [-0.15, -0.1) is 0 Å². The summed E-state index contributed by atoms with van der Waals surface area (Å²) in [5.74, 6) is 0. The molecular formula is C22H30N2O4S2. The highest BCUT2D eigenvalue weighted by Crippen LogP contribution is 2.24. The number of benzene rings is 2. The van der Waals surface area contributed by atoms with Gasteiger partial charge < -0.3 is 0 Å². The van der Waals surface area contributed by atoms with E-state index in [-0.39, 0.29) is 21.9 Å². The van der Waals surface area contributed by atoms with Crippen LogP contribution in [-0.4, -0.2) is 28.9 Å². The Morgan fingerprint density at radius 3 is 1.23 bits per heavy atom. The molecule has 0 aliphatic heterocycles. The minimum atomic E-state index is -3.59. The molecule has 1 fully saturated rings. The zero-order valence-corrected chi connectivity index (χ0v) is 19.5. The van der Waals surface area contributed by atoms with E-state index < -0.39 is 20.0 Å². The van der Waals surface area contributed by atoms with Gasteiger partial charge in [-0.1, -0.05) is 12.1 Å². The highest BCUT2D eigenvalue weighted by atomic mass is 32.2. The van der Waals surface area contributed by atoms with Gasteiger partial charge in [-0.25, -0.2) is 26.3 Å². The second-order valence-electron chi connectivity index (χ2n) is 8.28. The molecule has 0 heterocycles. The van der Waals surface area contributed by atoms with Crippen molar-refractivity contribution in [1.29, 1.82) is 0 Å². The van der Waals surface area contributed by atoms with Crippen molar-refractivity contribution in [3.05, 3.63) is 58.7 Å². The molecule has 164 valence electrons. The molecule has 0 atom stereocenters. The Hall–Kier alpha value is -1.74. The van der Waals surface area contributed by atoms with Crippen LogP contribution in [0.4, 0.5) is 0 Å². The lowest BCUT2D eigenvalue weighted by atomic mass is 9.92. The smallest absolute Gasteiger partial charge is 0.208 e. The average molecular weight is 451 g/mol. The highest BCUT2D eigenvalue weighted by Gasteiger charge is 2.28. The first-order chi connectivity index (χ1) is 14.0. The first kappa shape index (κ1) is 22.9. The van der Waals surface area contributed by atoms with E-state index in [0.29, 0.717) is 25.7 Å². The molecule has 2 N–H and O–H groups in total. The van der Waals surface area contributed by atoms with E-state index >= 15 is 0 Å². The number of rotatable bonds is 6. The lowest BCUT2D eigenvalue weighted by Gasteiger charge is -2.29. The van der Waals surface area contributed by atoms with Crippen molar-refractivity contribution in [2.45, 2.75) is 75.3 Å². The quantitative estimate of drug-likeness (QED) is 0.705. The van der Waals surface area contributed by atoms with E-state index in [1.807, 2.05) is 39.8 Å². The molecule has 0 radical (unpaired) electrons. The van der Waals surface area contributed by atoms with Crippen LogP contribution >= 0.6 is 0 Å². The van der Waals surface area contributed by atoms with Gasteiger partial charge in [-0.2, -0.15) is 0 Å². The number of sulfonamides is 2. The van der Waals surface area contributed by atoms with Crippen LogP contribution in [0, 0.1) is 27.7 Å². The highest BCUT2D eigenvalue weighted by molar-refractivity contribution is 7.89. The zero-order valence-electron chi connectivity index (χ0n) is 17.9. The van der Waals surface area contributed by atoms with Crippen molar-refractivity contribution in [2.75, 3.05) is 0 Å². The van der Waals surface area contributed by atoms with Gasteiger partial charge in [0.1, 0.15) is 0 Å². The van der Waals surface area contributed by atoms with E-state index in [9.17, 15) is 16.8 Å². The molecule has 0 saturated heterocycles. The zero-order chi connectivity index (χ0) is 22.1. The van der Waals surface area contributed by atoms with Crippen LogP contribution in [0.5, 0.6) is 0 Å². The monoisotopic (exact) mass is 450 g/mol. The molecule has 1 aliphatic carbocycles. The third-order valence-corrected chi connectivity index (χ3v) is 8.98. The van der Waals surface area contributed by atoms with Gasteiger partial charge in [0.15, 0.2) is 0 Å². The molecule has 0 amide bonds. The van der Waals surface area contributed by atoms with Gasteiger partial charge in [-0.05, 0) is 99.9 Å². The van der Waals surface area contributed by atoms with Crippen LogP contribution < -0.4 is 9.44 Å². The Morgan fingerprint density at radius 1 is 0.600 bits per heavy atom. The minimum Gasteiger partial charge on any atom is -0.208 e. The number of hydrogen-bond acceptors (Lipinski definition) is 4. The Labute approximate surface area is 180 Å². The molecule has 0 spiro atoms. The molecule has 0 aromatic heterocycles. The Balaban J connectivity index is 1.60. The second-order valence-corrected chi connectivity index (χ2v) is 11.7. The molecule has 0 unspecified atom stereocenters. The van der Waals surface area contributed by atoms with Crippen LogP contribution in [0.1, 0.15) is 47.9 Å². The van der Waals surface area contributed by atoms with Crippen LogP contribution in [0.15, 0.2) is 46.2 Å². The Kier molecular flexibility index (Phi) is 6.72. The molecule has 30 heavy (non-hydrogen) atoms. The van der Waals surface area contributed by atoms with Gasteiger partial charge in [0.2, 0.25) is 20.0 Å². The predicted molar refractivity (Wildman–Crippen MR) is 119 cm³/mol. The van der Waals surface area contributed by atoms with Crippen molar-refractivity contribution >= 4 is 20.0 Å². The topological polar surface area (TPSA) is 92.3 Å². The van der Waals surface area contributed by atoms with Crippen LogP contribution in [-0.2, 0) is 20.0 Å². The van der Waals surface area contributed by atoms with E-state index in [1.54, 1.807) is 24.3 Å². The van der Waals surface area contributed by atoms with Gasteiger partial charge in [0, 0.05) is 12.1 Å². The maximum atomic E-state index is 12.7. The Bertz CT molecular complexity index is 1040. The van der Waals surface area contributed by atoms with E-state index in [4.69, 9.17) is 0 Å². The van der Waals surface area contributed by atoms with Crippen molar-refractivity contribution < 1.29 is 16.8 Å². The summed E-state index contributed by atoms with van der Waals surface area (Å²) in [4.78, 5) is 0.534. The SMILES string of the molecule is Cc1ccc(S(=O)(=O)NC2CCC(NS(=O)(=O)c3ccc(C)c(C)c3)CC2)cc1C. The normalized spacial score (nSPS) is 20.3. The average Bonchev–Trinajstić information content (AvgIpc) is 2.67. The summed E-state index contributed by atoms with van der Waals surface area (Å²) in [5.41, 5.74) is 3.96. The largest absolute Gasteiger partial charge is 0.240 e. The molecule has 1 saturated carbocycles. The Morgan fingerprint density at radius 2 is 0.933 bits per heavy atom. The number of aryl methyl sites for hydroxylation is 4. The molecule has 2 aromatic carbocycles. The maximum absolute atomic E-state index is 12.7. The number of nitrogens with one attached hydrogen (secondary N) is 2. The standard InChI is InChI=1S/C22H30N2O4S2/c1-15-5-11-21(13-17(15)3)29(25,26)23-19-7-9-20(10-8-19)24-30(27,28)22-12-6-16(2)18(4)14-22/h5-6,11-14,19-20,23-24H,7-10H2,1-4H3.